The van der Waals surface area contributed by atoms with E-state index in [4.69, 9.17) is 0 Å². The monoisotopic (exact) mass is 273 g/mol. The third-order valence-corrected chi connectivity index (χ3v) is 4.95. The second kappa shape index (κ2) is 4.24. The maximum atomic E-state index is 11.4. The van der Waals surface area contributed by atoms with E-state index < -0.39 is 5.60 Å². The third kappa shape index (κ3) is 2.46. The summed E-state index contributed by atoms with van der Waals surface area (Å²) in [6.45, 7) is 9.17. The van der Waals surface area contributed by atoms with Crippen LogP contribution >= 0.6 is 0 Å². The summed E-state index contributed by atoms with van der Waals surface area (Å²) in [6, 6.07) is 8.59. The molecule has 1 aliphatic carbocycles. The molecule has 1 atom stereocenters. The van der Waals surface area contributed by atoms with E-state index in [2.05, 4.69) is 57.3 Å². The molecule has 20 heavy (non-hydrogen) atoms. The van der Waals surface area contributed by atoms with Crippen molar-refractivity contribution in [1.29, 1.82) is 0 Å². The first kappa shape index (κ1) is 13.9. The van der Waals surface area contributed by atoms with E-state index in [1.54, 1.807) is 0 Å². The molecular weight excluding hydrogens is 246 g/mol. The van der Waals surface area contributed by atoms with E-state index in [9.17, 15) is 5.11 Å². The molecule has 1 heterocycles. The van der Waals surface area contributed by atoms with Crippen molar-refractivity contribution in [1.82, 2.24) is 0 Å². The molecule has 2 heteroatoms. The summed E-state index contributed by atoms with van der Waals surface area (Å²) in [5.74, 6) is 0. The SMILES string of the molecule is CC1(C)CC(C)(C)CC(O)(C2Cc3ccccc3N2)C1. The number of fused-ring (bicyclic) bond motifs is 1. The van der Waals surface area contributed by atoms with E-state index in [-0.39, 0.29) is 16.9 Å². The van der Waals surface area contributed by atoms with E-state index in [1.165, 1.54) is 17.7 Å². The van der Waals surface area contributed by atoms with Crippen molar-refractivity contribution in [2.24, 2.45) is 10.8 Å². The van der Waals surface area contributed by atoms with Crippen molar-refractivity contribution in [2.75, 3.05) is 5.32 Å². The fourth-order valence-electron chi connectivity index (χ4n) is 5.01. The van der Waals surface area contributed by atoms with Gasteiger partial charge in [-0.3, -0.25) is 0 Å². The number of aliphatic hydroxyl groups is 1. The lowest BCUT2D eigenvalue weighted by atomic mass is 9.58. The minimum absolute atomic E-state index is 0.152. The van der Waals surface area contributed by atoms with Gasteiger partial charge < -0.3 is 10.4 Å². The Morgan fingerprint density at radius 1 is 1.00 bits per heavy atom. The maximum absolute atomic E-state index is 11.4. The molecule has 0 saturated heterocycles. The minimum Gasteiger partial charge on any atom is -0.388 e. The average Bonchev–Trinajstić information content (AvgIpc) is 2.67. The summed E-state index contributed by atoms with van der Waals surface area (Å²) in [7, 11) is 0. The molecule has 2 N–H and O–H groups in total. The molecule has 3 rings (SSSR count). The Balaban J connectivity index is 1.87. The van der Waals surface area contributed by atoms with Gasteiger partial charge in [-0.1, -0.05) is 45.9 Å². The standard InChI is InChI=1S/C18H27NO/c1-16(2)10-17(3,4)12-18(20,11-16)15-9-13-7-5-6-8-14(13)19-15/h5-8,15,19-20H,9-12H2,1-4H3. The highest BCUT2D eigenvalue weighted by atomic mass is 16.3. The fourth-order valence-corrected chi connectivity index (χ4v) is 5.01. The van der Waals surface area contributed by atoms with Crippen LogP contribution in [-0.4, -0.2) is 16.7 Å². The maximum Gasteiger partial charge on any atom is 0.0861 e. The van der Waals surface area contributed by atoms with Gasteiger partial charge in [0.15, 0.2) is 0 Å². The minimum atomic E-state index is -0.607. The van der Waals surface area contributed by atoms with Gasteiger partial charge in [0.1, 0.15) is 0 Å². The predicted molar refractivity (Wildman–Crippen MR) is 83.9 cm³/mol. The fraction of sp³-hybridized carbons (Fsp3) is 0.667. The lowest BCUT2D eigenvalue weighted by Gasteiger charge is -2.51. The Hall–Kier alpha value is -1.02. The van der Waals surface area contributed by atoms with Crippen LogP contribution in [0.25, 0.3) is 0 Å². The molecule has 1 fully saturated rings. The topological polar surface area (TPSA) is 32.3 Å². The summed E-state index contributed by atoms with van der Waals surface area (Å²) in [5.41, 5.74) is 2.34. The lowest BCUT2D eigenvalue weighted by molar-refractivity contribution is -0.0954. The second-order valence-corrected chi connectivity index (χ2v) is 8.52. The molecule has 0 spiro atoms. The number of para-hydroxylation sites is 1. The highest BCUT2D eigenvalue weighted by Crippen LogP contribution is 2.52. The molecule has 2 aliphatic rings. The molecule has 0 aromatic heterocycles. The summed E-state index contributed by atoms with van der Waals surface area (Å²) in [6.07, 6.45) is 3.89. The van der Waals surface area contributed by atoms with E-state index in [0.717, 1.165) is 19.3 Å². The normalized spacial score (nSPS) is 29.6. The molecule has 1 aromatic carbocycles. The van der Waals surface area contributed by atoms with Gasteiger partial charge in [0.05, 0.1) is 11.6 Å². The zero-order valence-corrected chi connectivity index (χ0v) is 13.2. The molecule has 0 bridgehead atoms. The van der Waals surface area contributed by atoms with Crippen molar-refractivity contribution in [3.8, 4) is 0 Å². The average molecular weight is 273 g/mol. The van der Waals surface area contributed by atoms with Crippen LogP contribution in [0.1, 0.15) is 52.5 Å². The Morgan fingerprint density at radius 2 is 1.60 bits per heavy atom. The molecule has 1 saturated carbocycles. The van der Waals surface area contributed by atoms with Gasteiger partial charge in [-0.25, -0.2) is 0 Å². The zero-order valence-electron chi connectivity index (χ0n) is 13.2. The highest BCUT2D eigenvalue weighted by Gasteiger charge is 2.51. The van der Waals surface area contributed by atoms with Gasteiger partial charge in [0, 0.05) is 5.69 Å². The summed E-state index contributed by atoms with van der Waals surface area (Å²) in [4.78, 5) is 0. The second-order valence-electron chi connectivity index (χ2n) is 8.52. The van der Waals surface area contributed by atoms with Crippen molar-refractivity contribution < 1.29 is 5.11 Å². The van der Waals surface area contributed by atoms with Crippen molar-refractivity contribution in [3.05, 3.63) is 29.8 Å². The molecule has 110 valence electrons. The van der Waals surface area contributed by atoms with Crippen LogP contribution in [0.3, 0.4) is 0 Å². The first-order valence-corrected chi connectivity index (χ1v) is 7.76. The van der Waals surface area contributed by atoms with Gasteiger partial charge in [0.25, 0.3) is 0 Å². The first-order valence-electron chi connectivity index (χ1n) is 7.76. The van der Waals surface area contributed by atoms with Crippen LogP contribution in [0.4, 0.5) is 5.69 Å². The number of benzene rings is 1. The molecule has 0 amide bonds. The number of hydrogen-bond acceptors (Lipinski definition) is 2. The largest absolute Gasteiger partial charge is 0.388 e. The molecule has 2 nitrogen and oxygen atoms in total. The third-order valence-electron chi connectivity index (χ3n) is 4.95. The molecular formula is C18H27NO. The number of nitrogens with one attached hydrogen (secondary N) is 1. The van der Waals surface area contributed by atoms with Crippen molar-refractivity contribution in [3.63, 3.8) is 0 Å². The highest BCUT2D eigenvalue weighted by molar-refractivity contribution is 5.57. The Bertz CT molecular complexity index is 477. The van der Waals surface area contributed by atoms with Gasteiger partial charge >= 0.3 is 0 Å². The van der Waals surface area contributed by atoms with E-state index in [0.29, 0.717) is 0 Å². The Labute approximate surface area is 122 Å². The van der Waals surface area contributed by atoms with E-state index >= 15 is 0 Å². The molecule has 1 aromatic rings. The Kier molecular flexibility index (Phi) is 2.95. The van der Waals surface area contributed by atoms with Crippen molar-refractivity contribution >= 4 is 5.69 Å². The molecule has 1 aliphatic heterocycles. The zero-order chi connectivity index (χ0) is 14.6. The smallest absolute Gasteiger partial charge is 0.0861 e. The number of anilines is 1. The molecule has 1 unspecified atom stereocenters. The number of hydrogen-bond donors (Lipinski definition) is 2. The Morgan fingerprint density at radius 3 is 2.20 bits per heavy atom. The van der Waals surface area contributed by atoms with Gasteiger partial charge in [0.2, 0.25) is 0 Å². The lowest BCUT2D eigenvalue weighted by Crippen LogP contribution is -2.55. The van der Waals surface area contributed by atoms with Gasteiger partial charge in [-0.2, -0.15) is 0 Å². The quantitative estimate of drug-likeness (QED) is 0.811. The van der Waals surface area contributed by atoms with Gasteiger partial charge in [-0.15, -0.1) is 0 Å². The van der Waals surface area contributed by atoms with Crippen LogP contribution in [0.5, 0.6) is 0 Å². The van der Waals surface area contributed by atoms with Crippen LogP contribution in [0.15, 0.2) is 24.3 Å². The van der Waals surface area contributed by atoms with Crippen LogP contribution < -0.4 is 5.32 Å². The van der Waals surface area contributed by atoms with E-state index in [1.807, 2.05) is 0 Å². The van der Waals surface area contributed by atoms with Crippen molar-refractivity contribution in [2.45, 2.75) is 65.0 Å². The first-order chi connectivity index (χ1) is 9.19. The van der Waals surface area contributed by atoms with Gasteiger partial charge in [-0.05, 0) is 48.1 Å². The molecule has 0 radical (unpaired) electrons. The summed E-state index contributed by atoms with van der Waals surface area (Å²) in [5, 5.41) is 14.9. The van der Waals surface area contributed by atoms with Crippen LogP contribution in [0, 0.1) is 10.8 Å². The van der Waals surface area contributed by atoms with Crippen LogP contribution in [0.2, 0.25) is 0 Å². The predicted octanol–water partition coefficient (Wildman–Crippen LogP) is 3.99. The van der Waals surface area contributed by atoms with Crippen LogP contribution in [-0.2, 0) is 6.42 Å². The summed E-state index contributed by atoms with van der Waals surface area (Å²) >= 11 is 0. The number of rotatable bonds is 1. The summed E-state index contributed by atoms with van der Waals surface area (Å²) < 4.78 is 0.